The highest BCUT2D eigenvalue weighted by Gasteiger charge is 2.10. The van der Waals surface area contributed by atoms with Crippen molar-refractivity contribution in [2.75, 3.05) is 6.61 Å². The Hall–Kier alpha value is -0.710. The highest BCUT2D eigenvalue weighted by atomic mass is 35.5. The van der Waals surface area contributed by atoms with E-state index in [2.05, 4.69) is 0 Å². The number of carboxylic acids is 1. The molecule has 0 aliphatic carbocycles. The number of aliphatic hydroxyl groups excluding tert-OH is 1. The summed E-state index contributed by atoms with van der Waals surface area (Å²) >= 11 is 7.50. The number of halogens is 1. The fourth-order valence-corrected chi connectivity index (χ4v) is 2.48. The summed E-state index contributed by atoms with van der Waals surface area (Å²) in [5, 5.41) is 18.2. The first-order valence-corrected chi connectivity index (χ1v) is 6.10. The van der Waals surface area contributed by atoms with Crippen molar-refractivity contribution in [2.24, 2.45) is 0 Å². The highest BCUT2D eigenvalue weighted by Crippen LogP contribution is 2.32. The molecule has 1 unspecified atom stereocenters. The molecule has 1 aromatic rings. The van der Waals surface area contributed by atoms with E-state index in [9.17, 15) is 4.79 Å². The van der Waals surface area contributed by atoms with E-state index in [0.717, 1.165) is 4.90 Å². The monoisotopic (exact) mass is 260 g/mol. The molecule has 0 amide bonds. The lowest BCUT2D eigenvalue weighted by atomic mass is 10.2. The summed E-state index contributed by atoms with van der Waals surface area (Å²) in [5.41, 5.74) is 0.184. The van der Waals surface area contributed by atoms with Crippen LogP contribution in [-0.4, -0.2) is 28.0 Å². The predicted octanol–water partition coefficient (Wildman–Crippen LogP) is 2.90. The quantitative estimate of drug-likeness (QED) is 0.800. The number of aliphatic hydroxyl groups is 1. The minimum absolute atomic E-state index is 0.138. The van der Waals surface area contributed by atoms with Crippen LogP contribution in [0.25, 0.3) is 0 Å². The van der Waals surface area contributed by atoms with Crippen LogP contribution in [0.15, 0.2) is 23.1 Å². The fourth-order valence-electron chi connectivity index (χ4n) is 1.19. The Morgan fingerprint density at radius 1 is 1.56 bits per heavy atom. The largest absolute Gasteiger partial charge is 0.478 e. The molecule has 0 fully saturated rings. The Morgan fingerprint density at radius 2 is 2.25 bits per heavy atom. The predicted molar refractivity (Wildman–Crippen MR) is 65.4 cm³/mol. The number of hydrogen-bond donors (Lipinski definition) is 2. The van der Waals surface area contributed by atoms with E-state index in [4.69, 9.17) is 21.8 Å². The lowest BCUT2D eigenvalue weighted by Gasteiger charge is -2.10. The first-order chi connectivity index (χ1) is 7.54. The van der Waals surface area contributed by atoms with Crippen LogP contribution in [0.2, 0.25) is 5.02 Å². The zero-order chi connectivity index (χ0) is 12.1. The molecule has 3 nitrogen and oxygen atoms in total. The molecule has 16 heavy (non-hydrogen) atoms. The topological polar surface area (TPSA) is 57.5 Å². The summed E-state index contributed by atoms with van der Waals surface area (Å²) < 4.78 is 0. The molecular weight excluding hydrogens is 248 g/mol. The molecule has 0 radical (unpaired) electrons. The van der Waals surface area contributed by atoms with E-state index in [-0.39, 0.29) is 17.4 Å². The van der Waals surface area contributed by atoms with Crippen molar-refractivity contribution in [1.82, 2.24) is 0 Å². The van der Waals surface area contributed by atoms with Gasteiger partial charge in [-0.15, -0.1) is 11.8 Å². The van der Waals surface area contributed by atoms with Gasteiger partial charge in [-0.1, -0.05) is 18.5 Å². The van der Waals surface area contributed by atoms with Crippen LogP contribution in [0.1, 0.15) is 23.7 Å². The maximum absolute atomic E-state index is 10.7. The Balaban J connectivity index is 2.79. The number of aromatic carboxylic acids is 1. The summed E-state index contributed by atoms with van der Waals surface area (Å²) in [6.45, 7) is 2.13. The van der Waals surface area contributed by atoms with Gasteiger partial charge in [-0.2, -0.15) is 0 Å². The van der Waals surface area contributed by atoms with Gasteiger partial charge in [0.1, 0.15) is 0 Å². The minimum Gasteiger partial charge on any atom is -0.478 e. The van der Waals surface area contributed by atoms with Crippen LogP contribution >= 0.6 is 23.4 Å². The Bertz CT molecular complexity index is 381. The van der Waals surface area contributed by atoms with Gasteiger partial charge in [-0.3, -0.25) is 0 Å². The molecule has 0 heterocycles. The fraction of sp³-hybridized carbons (Fsp3) is 0.364. The van der Waals surface area contributed by atoms with Gasteiger partial charge in [0.05, 0.1) is 10.6 Å². The van der Waals surface area contributed by atoms with Gasteiger partial charge in [0.15, 0.2) is 0 Å². The van der Waals surface area contributed by atoms with Crippen LogP contribution in [0.3, 0.4) is 0 Å². The van der Waals surface area contributed by atoms with E-state index in [1.807, 2.05) is 6.92 Å². The minimum atomic E-state index is -0.984. The smallest absolute Gasteiger partial charge is 0.335 e. The maximum Gasteiger partial charge on any atom is 0.335 e. The van der Waals surface area contributed by atoms with E-state index in [1.165, 1.54) is 23.9 Å². The van der Waals surface area contributed by atoms with Crippen molar-refractivity contribution in [1.29, 1.82) is 0 Å². The van der Waals surface area contributed by atoms with Crippen molar-refractivity contribution in [3.8, 4) is 0 Å². The molecule has 1 rings (SSSR count). The van der Waals surface area contributed by atoms with Gasteiger partial charge >= 0.3 is 5.97 Å². The van der Waals surface area contributed by atoms with Crippen LogP contribution in [0, 0.1) is 0 Å². The zero-order valence-electron chi connectivity index (χ0n) is 8.81. The van der Waals surface area contributed by atoms with Crippen LogP contribution in [-0.2, 0) is 0 Å². The third-order valence-corrected chi connectivity index (χ3v) is 3.72. The van der Waals surface area contributed by atoms with Crippen molar-refractivity contribution >= 4 is 29.3 Å². The molecule has 5 heteroatoms. The van der Waals surface area contributed by atoms with E-state index in [0.29, 0.717) is 11.4 Å². The number of carbonyl (C=O) groups is 1. The average Bonchev–Trinajstić information content (AvgIpc) is 2.21. The van der Waals surface area contributed by atoms with Crippen LogP contribution < -0.4 is 0 Å². The molecule has 88 valence electrons. The summed E-state index contributed by atoms with van der Waals surface area (Å²) in [5.74, 6) is -0.984. The van der Waals surface area contributed by atoms with Crippen molar-refractivity contribution in [3.05, 3.63) is 28.8 Å². The molecule has 1 atom stereocenters. The van der Waals surface area contributed by atoms with Gasteiger partial charge in [-0.05, 0) is 24.6 Å². The molecule has 2 N–H and O–H groups in total. The van der Waals surface area contributed by atoms with Gasteiger partial charge in [0.2, 0.25) is 0 Å². The Morgan fingerprint density at radius 3 is 2.75 bits per heavy atom. The van der Waals surface area contributed by atoms with Crippen molar-refractivity contribution in [2.45, 2.75) is 23.5 Å². The summed E-state index contributed by atoms with van der Waals surface area (Å²) in [4.78, 5) is 11.5. The van der Waals surface area contributed by atoms with E-state index < -0.39 is 5.97 Å². The maximum atomic E-state index is 10.7. The normalized spacial score (nSPS) is 12.4. The number of rotatable bonds is 5. The summed E-state index contributed by atoms with van der Waals surface area (Å²) in [7, 11) is 0. The molecule has 0 saturated heterocycles. The second kappa shape index (κ2) is 6.13. The number of hydrogen-bond acceptors (Lipinski definition) is 3. The molecule has 0 aromatic heterocycles. The van der Waals surface area contributed by atoms with Gasteiger partial charge in [0, 0.05) is 16.8 Å². The van der Waals surface area contributed by atoms with Gasteiger partial charge in [0.25, 0.3) is 0 Å². The van der Waals surface area contributed by atoms with Crippen molar-refractivity contribution in [3.63, 3.8) is 0 Å². The molecule has 0 spiro atoms. The number of thioether (sulfide) groups is 1. The molecule has 0 saturated carbocycles. The first kappa shape index (κ1) is 13.4. The van der Waals surface area contributed by atoms with Gasteiger partial charge in [-0.25, -0.2) is 4.79 Å². The summed E-state index contributed by atoms with van der Waals surface area (Å²) in [6.07, 6.45) is 0.682. The average molecular weight is 261 g/mol. The third-order valence-electron chi connectivity index (χ3n) is 2.04. The standard InChI is InChI=1S/C11H13ClO3S/c1-7(4-5-13)16-10-3-2-8(11(14)15)6-9(10)12/h2-3,6-7,13H,4-5H2,1H3,(H,14,15). The SMILES string of the molecule is CC(CCO)Sc1ccc(C(=O)O)cc1Cl. The summed E-state index contributed by atoms with van der Waals surface area (Å²) in [6, 6.07) is 4.67. The molecule has 1 aromatic carbocycles. The van der Waals surface area contributed by atoms with Crippen molar-refractivity contribution < 1.29 is 15.0 Å². The lowest BCUT2D eigenvalue weighted by molar-refractivity contribution is 0.0697. The highest BCUT2D eigenvalue weighted by molar-refractivity contribution is 8.00. The lowest BCUT2D eigenvalue weighted by Crippen LogP contribution is -2.00. The van der Waals surface area contributed by atoms with Crippen LogP contribution in [0.4, 0.5) is 0 Å². The third kappa shape index (κ3) is 3.70. The second-order valence-electron chi connectivity index (χ2n) is 3.39. The molecular formula is C11H13ClO3S. The zero-order valence-corrected chi connectivity index (χ0v) is 10.4. The molecule has 0 bridgehead atoms. The Labute approximate surface area is 103 Å². The van der Waals surface area contributed by atoms with Gasteiger partial charge < -0.3 is 10.2 Å². The second-order valence-corrected chi connectivity index (χ2v) is 5.28. The van der Waals surface area contributed by atoms with E-state index in [1.54, 1.807) is 6.07 Å². The first-order valence-electron chi connectivity index (χ1n) is 4.85. The van der Waals surface area contributed by atoms with Crippen LogP contribution in [0.5, 0.6) is 0 Å². The Kier molecular flexibility index (Phi) is 5.12. The molecule has 0 aliphatic rings. The van der Waals surface area contributed by atoms with E-state index >= 15 is 0 Å². The number of benzene rings is 1. The molecule has 0 aliphatic heterocycles. The number of carboxylic acid groups (broad SMARTS) is 1.